The summed E-state index contributed by atoms with van der Waals surface area (Å²) in [7, 11) is 0. The molecule has 1 fully saturated rings. The van der Waals surface area contributed by atoms with Crippen LogP contribution in [0.1, 0.15) is 18.4 Å². The maximum absolute atomic E-state index is 11.4. The van der Waals surface area contributed by atoms with Gasteiger partial charge < -0.3 is 5.32 Å². The summed E-state index contributed by atoms with van der Waals surface area (Å²) in [5, 5.41) is 2.76. The largest absolute Gasteiger partial charge is 0.332 e. The second-order valence-electron chi connectivity index (χ2n) is 4.44. The standard InChI is InChI=1S/C16H17NO/c1-13(7-8-14-5-3-2-4-6-14)11-12-17-16(18)15-9-10-15/h2-8,11-12,15H,1,9-10H2,(H,17,18)/b8-7+,12-11-. The maximum Gasteiger partial charge on any atom is 0.227 e. The lowest BCUT2D eigenvalue weighted by atomic mass is 10.2. The summed E-state index contributed by atoms with van der Waals surface area (Å²) in [4.78, 5) is 11.4. The molecule has 0 aromatic heterocycles. The van der Waals surface area contributed by atoms with Crippen LogP contribution in [0.15, 0.2) is 60.8 Å². The second-order valence-corrected chi connectivity index (χ2v) is 4.44. The molecule has 1 N–H and O–H groups in total. The van der Waals surface area contributed by atoms with Gasteiger partial charge in [-0.3, -0.25) is 4.79 Å². The number of carbonyl (C=O) groups is 1. The van der Waals surface area contributed by atoms with E-state index in [9.17, 15) is 4.79 Å². The van der Waals surface area contributed by atoms with Crippen LogP contribution in [0.3, 0.4) is 0 Å². The lowest BCUT2D eigenvalue weighted by Crippen LogP contribution is -2.18. The Balaban J connectivity index is 1.79. The third-order valence-corrected chi connectivity index (χ3v) is 2.76. The molecule has 1 aliphatic carbocycles. The minimum absolute atomic E-state index is 0.117. The summed E-state index contributed by atoms with van der Waals surface area (Å²) in [6.45, 7) is 3.90. The van der Waals surface area contributed by atoms with Crippen LogP contribution in [0.25, 0.3) is 6.08 Å². The first kappa shape index (κ1) is 12.4. The second kappa shape index (κ2) is 6.01. The van der Waals surface area contributed by atoms with E-state index in [1.807, 2.05) is 42.5 Å². The quantitative estimate of drug-likeness (QED) is 0.785. The Hall–Kier alpha value is -2.09. The van der Waals surface area contributed by atoms with Gasteiger partial charge in [0.2, 0.25) is 5.91 Å². The van der Waals surface area contributed by atoms with Crippen molar-refractivity contribution in [3.8, 4) is 0 Å². The van der Waals surface area contributed by atoms with Gasteiger partial charge in [0, 0.05) is 12.1 Å². The Kier molecular flexibility index (Phi) is 4.13. The summed E-state index contributed by atoms with van der Waals surface area (Å²) >= 11 is 0. The lowest BCUT2D eigenvalue weighted by Gasteiger charge is -1.96. The highest BCUT2D eigenvalue weighted by molar-refractivity contribution is 5.81. The first-order valence-corrected chi connectivity index (χ1v) is 6.14. The fraction of sp³-hybridized carbons (Fsp3) is 0.188. The van der Waals surface area contributed by atoms with E-state index in [0.29, 0.717) is 0 Å². The molecule has 0 spiro atoms. The smallest absolute Gasteiger partial charge is 0.227 e. The molecule has 18 heavy (non-hydrogen) atoms. The Bertz CT molecular complexity index is 481. The first-order chi connectivity index (χ1) is 8.75. The van der Waals surface area contributed by atoms with Crippen LogP contribution in [-0.4, -0.2) is 5.91 Å². The minimum atomic E-state index is 0.117. The number of allylic oxidation sites excluding steroid dienone is 3. The average Bonchev–Trinajstić information content (AvgIpc) is 3.22. The third-order valence-electron chi connectivity index (χ3n) is 2.76. The highest BCUT2D eigenvalue weighted by Gasteiger charge is 2.28. The van der Waals surface area contributed by atoms with Crippen molar-refractivity contribution in [1.29, 1.82) is 0 Å². The molecule has 0 radical (unpaired) electrons. The van der Waals surface area contributed by atoms with Crippen molar-refractivity contribution in [2.45, 2.75) is 12.8 Å². The molecular formula is C16H17NO. The Labute approximate surface area is 108 Å². The number of carbonyl (C=O) groups excluding carboxylic acids is 1. The molecule has 0 aliphatic heterocycles. The van der Waals surface area contributed by atoms with Crippen LogP contribution < -0.4 is 5.32 Å². The van der Waals surface area contributed by atoms with Crippen molar-refractivity contribution in [2.75, 3.05) is 0 Å². The van der Waals surface area contributed by atoms with Gasteiger partial charge in [0.05, 0.1) is 0 Å². The van der Waals surface area contributed by atoms with Crippen molar-refractivity contribution >= 4 is 12.0 Å². The molecule has 0 heterocycles. The van der Waals surface area contributed by atoms with Crippen LogP contribution in [0.4, 0.5) is 0 Å². The average molecular weight is 239 g/mol. The van der Waals surface area contributed by atoms with Gasteiger partial charge >= 0.3 is 0 Å². The molecule has 1 aliphatic rings. The van der Waals surface area contributed by atoms with E-state index in [4.69, 9.17) is 0 Å². The zero-order valence-electron chi connectivity index (χ0n) is 10.3. The zero-order chi connectivity index (χ0) is 12.8. The molecule has 1 saturated carbocycles. The van der Waals surface area contributed by atoms with Crippen molar-refractivity contribution in [3.05, 3.63) is 66.4 Å². The first-order valence-electron chi connectivity index (χ1n) is 6.14. The molecule has 2 rings (SSSR count). The van der Waals surface area contributed by atoms with E-state index >= 15 is 0 Å². The molecule has 1 aromatic carbocycles. The van der Waals surface area contributed by atoms with Gasteiger partial charge in [-0.2, -0.15) is 0 Å². The Morgan fingerprint density at radius 3 is 2.61 bits per heavy atom. The molecule has 2 heteroatoms. The van der Waals surface area contributed by atoms with E-state index in [1.165, 1.54) is 0 Å². The predicted octanol–water partition coefficient (Wildman–Crippen LogP) is 3.30. The maximum atomic E-state index is 11.4. The highest BCUT2D eigenvalue weighted by atomic mass is 16.1. The molecule has 92 valence electrons. The van der Waals surface area contributed by atoms with Gasteiger partial charge in [0.25, 0.3) is 0 Å². The monoisotopic (exact) mass is 239 g/mol. The van der Waals surface area contributed by atoms with Crippen LogP contribution in [-0.2, 0) is 4.79 Å². The lowest BCUT2D eigenvalue weighted by molar-refractivity contribution is -0.121. The number of amides is 1. The van der Waals surface area contributed by atoms with Crippen molar-refractivity contribution in [1.82, 2.24) is 5.32 Å². The van der Waals surface area contributed by atoms with Gasteiger partial charge in [-0.15, -0.1) is 0 Å². The Morgan fingerprint density at radius 1 is 1.22 bits per heavy atom. The van der Waals surface area contributed by atoms with E-state index in [-0.39, 0.29) is 11.8 Å². The van der Waals surface area contributed by atoms with E-state index < -0.39 is 0 Å². The van der Waals surface area contributed by atoms with Crippen molar-refractivity contribution in [2.24, 2.45) is 5.92 Å². The Morgan fingerprint density at radius 2 is 1.94 bits per heavy atom. The zero-order valence-corrected chi connectivity index (χ0v) is 10.3. The molecule has 0 unspecified atom stereocenters. The fourth-order valence-corrected chi connectivity index (χ4v) is 1.52. The summed E-state index contributed by atoms with van der Waals surface area (Å²) in [5.74, 6) is 0.355. The van der Waals surface area contributed by atoms with Crippen LogP contribution in [0, 0.1) is 5.92 Å². The number of nitrogens with one attached hydrogen (secondary N) is 1. The number of hydrogen-bond acceptors (Lipinski definition) is 1. The van der Waals surface area contributed by atoms with Gasteiger partial charge in [-0.1, -0.05) is 49.1 Å². The fourth-order valence-electron chi connectivity index (χ4n) is 1.52. The van der Waals surface area contributed by atoms with E-state index in [0.717, 1.165) is 24.0 Å². The summed E-state index contributed by atoms with van der Waals surface area (Å²) in [5.41, 5.74) is 1.99. The predicted molar refractivity (Wildman–Crippen MR) is 74.6 cm³/mol. The number of benzene rings is 1. The molecule has 2 nitrogen and oxygen atoms in total. The molecular weight excluding hydrogens is 222 g/mol. The molecule has 0 saturated heterocycles. The summed E-state index contributed by atoms with van der Waals surface area (Å²) < 4.78 is 0. The van der Waals surface area contributed by atoms with Crippen LogP contribution >= 0.6 is 0 Å². The third kappa shape index (κ3) is 4.06. The van der Waals surface area contributed by atoms with Gasteiger partial charge in [-0.05, 0) is 30.1 Å². The van der Waals surface area contributed by atoms with E-state index in [2.05, 4.69) is 11.9 Å². The molecule has 0 bridgehead atoms. The topological polar surface area (TPSA) is 29.1 Å². The van der Waals surface area contributed by atoms with Gasteiger partial charge in [0.15, 0.2) is 0 Å². The number of rotatable bonds is 5. The summed E-state index contributed by atoms with van der Waals surface area (Å²) in [6.07, 6.45) is 9.44. The van der Waals surface area contributed by atoms with Crippen molar-refractivity contribution < 1.29 is 4.79 Å². The number of hydrogen-bond donors (Lipinski definition) is 1. The van der Waals surface area contributed by atoms with Crippen molar-refractivity contribution in [3.63, 3.8) is 0 Å². The molecule has 1 aromatic rings. The van der Waals surface area contributed by atoms with Gasteiger partial charge in [0.1, 0.15) is 0 Å². The molecule has 0 atom stereocenters. The van der Waals surface area contributed by atoms with E-state index in [1.54, 1.807) is 12.3 Å². The highest BCUT2D eigenvalue weighted by Crippen LogP contribution is 2.28. The SMILES string of the molecule is C=C(/C=C\NC(=O)C1CC1)/C=C/c1ccccc1. The molecule has 1 amide bonds. The van der Waals surface area contributed by atoms with Crippen LogP contribution in [0.2, 0.25) is 0 Å². The van der Waals surface area contributed by atoms with Crippen LogP contribution in [0.5, 0.6) is 0 Å². The minimum Gasteiger partial charge on any atom is -0.332 e. The normalized spacial score (nSPS) is 15.1. The van der Waals surface area contributed by atoms with Gasteiger partial charge in [-0.25, -0.2) is 0 Å². The summed E-state index contributed by atoms with van der Waals surface area (Å²) in [6, 6.07) is 10.0.